The second-order valence-electron chi connectivity index (χ2n) is 6.90. The van der Waals surface area contributed by atoms with Gasteiger partial charge in [0, 0.05) is 17.5 Å². The van der Waals surface area contributed by atoms with Gasteiger partial charge in [0.15, 0.2) is 5.78 Å². The Balaban J connectivity index is 2.04. The molecule has 0 fully saturated rings. The van der Waals surface area contributed by atoms with Crippen molar-refractivity contribution in [3.05, 3.63) is 83.9 Å². The third-order valence-corrected chi connectivity index (χ3v) is 5.03. The first-order valence-corrected chi connectivity index (χ1v) is 8.81. The van der Waals surface area contributed by atoms with Gasteiger partial charge in [0.2, 0.25) is 0 Å². The molecule has 25 heavy (non-hydrogen) atoms. The van der Waals surface area contributed by atoms with Gasteiger partial charge in [0.05, 0.1) is 0 Å². The van der Waals surface area contributed by atoms with E-state index in [1.54, 1.807) is 0 Å². The zero-order chi connectivity index (χ0) is 17.8. The molecule has 0 aromatic heterocycles. The first-order valence-electron chi connectivity index (χ1n) is 8.81. The molecule has 0 spiro atoms. The number of rotatable bonds is 6. The van der Waals surface area contributed by atoms with E-state index in [2.05, 4.69) is 50.2 Å². The molecule has 3 rings (SSSR count). The molecule has 0 aliphatic heterocycles. The zero-order valence-electron chi connectivity index (χ0n) is 15.1. The fraction of sp³-hybridized carbons (Fsp3) is 0.261. The first kappa shape index (κ1) is 17.4. The Morgan fingerprint density at radius 3 is 2.24 bits per heavy atom. The quantitative estimate of drug-likeness (QED) is 0.582. The first-order chi connectivity index (χ1) is 12.1. The maximum atomic E-state index is 13.5. The van der Waals surface area contributed by atoms with E-state index in [4.69, 9.17) is 0 Å². The smallest absolute Gasteiger partial charge is 0.170 e. The van der Waals surface area contributed by atoms with Crippen molar-refractivity contribution in [2.75, 3.05) is 14.1 Å². The van der Waals surface area contributed by atoms with E-state index in [0.29, 0.717) is 6.04 Å². The Kier molecular flexibility index (Phi) is 5.30. The summed E-state index contributed by atoms with van der Waals surface area (Å²) in [7, 11) is 4.13. The van der Waals surface area contributed by atoms with E-state index in [1.165, 1.54) is 0 Å². The van der Waals surface area contributed by atoms with E-state index in [1.807, 2.05) is 48.5 Å². The van der Waals surface area contributed by atoms with Crippen LogP contribution >= 0.6 is 0 Å². The topological polar surface area (TPSA) is 20.3 Å². The van der Waals surface area contributed by atoms with Crippen LogP contribution in [-0.4, -0.2) is 30.8 Å². The molecule has 0 radical (unpaired) electrons. The molecule has 0 bridgehead atoms. The predicted molar refractivity (Wildman–Crippen MR) is 105 cm³/mol. The molecule has 128 valence electrons. The number of carbonyl (C=O) groups excluding carboxylic acids is 1. The van der Waals surface area contributed by atoms with Crippen LogP contribution in [0, 0.1) is 0 Å². The number of ketones is 1. The van der Waals surface area contributed by atoms with Crippen molar-refractivity contribution in [1.29, 1.82) is 0 Å². The normalized spacial score (nSPS) is 13.8. The van der Waals surface area contributed by atoms with Gasteiger partial charge in [0.1, 0.15) is 0 Å². The highest BCUT2D eigenvalue weighted by molar-refractivity contribution is 6.10. The van der Waals surface area contributed by atoms with Crippen LogP contribution in [0.5, 0.6) is 0 Å². The van der Waals surface area contributed by atoms with Crippen molar-refractivity contribution in [1.82, 2.24) is 4.90 Å². The second-order valence-corrected chi connectivity index (χ2v) is 6.90. The largest absolute Gasteiger partial charge is 0.307 e. The summed E-state index contributed by atoms with van der Waals surface area (Å²) in [6.45, 7) is 2.17. The molecule has 2 heteroatoms. The van der Waals surface area contributed by atoms with Gasteiger partial charge in [-0.1, -0.05) is 72.8 Å². The van der Waals surface area contributed by atoms with Crippen molar-refractivity contribution in [2.45, 2.75) is 25.3 Å². The van der Waals surface area contributed by atoms with Gasteiger partial charge >= 0.3 is 0 Å². The number of carbonyl (C=O) groups is 1. The van der Waals surface area contributed by atoms with Gasteiger partial charge in [-0.25, -0.2) is 0 Å². The third kappa shape index (κ3) is 3.80. The van der Waals surface area contributed by atoms with E-state index < -0.39 is 0 Å². The van der Waals surface area contributed by atoms with Crippen molar-refractivity contribution < 1.29 is 4.79 Å². The summed E-state index contributed by atoms with van der Waals surface area (Å²) >= 11 is 0. The predicted octanol–water partition coefficient (Wildman–Crippen LogP) is 5.15. The summed E-state index contributed by atoms with van der Waals surface area (Å²) in [6, 6.07) is 24.6. The van der Waals surface area contributed by atoms with Crippen LogP contribution in [0.2, 0.25) is 0 Å². The minimum atomic E-state index is -0.135. The van der Waals surface area contributed by atoms with Crippen LogP contribution in [0.4, 0.5) is 0 Å². The lowest BCUT2D eigenvalue weighted by atomic mass is 9.84. The van der Waals surface area contributed by atoms with Gasteiger partial charge in [-0.3, -0.25) is 4.79 Å². The fourth-order valence-electron chi connectivity index (χ4n) is 3.26. The zero-order valence-corrected chi connectivity index (χ0v) is 15.1. The van der Waals surface area contributed by atoms with Gasteiger partial charge in [-0.15, -0.1) is 0 Å². The molecule has 0 saturated carbocycles. The summed E-state index contributed by atoms with van der Waals surface area (Å²) in [5, 5.41) is 2.15. The lowest BCUT2D eigenvalue weighted by Gasteiger charge is -2.25. The van der Waals surface area contributed by atoms with Crippen molar-refractivity contribution in [3.8, 4) is 0 Å². The average molecular weight is 331 g/mol. The maximum Gasteiger partial charge on any atom is 0.170 e. The second kappa shape index (κ2) is 7.62. The van der Waals surface area contributed by atoms with Crippen LogP contribution in [0.15, 0.2) is 72.8 Å². The molecule has 2 unspecified atom stereocenters. The van der Waals surface area contributed by atoms with E-state index in [0.717, 1.165) is 28.3 Å². The highest BCUT2D eigenvalue weighted by atomic mass is 16.1. The number of hydrogen-bond acceptors (Lipinski definition) is 2. The van der Waals surface area contributed by atoms with E-state index in [9.17, 15) is 4.79 Å². The summed E-state index contributed by atoms with van der Waals surface area (Å²) in [6.07, 6.45) is 0.805. The van der Waals surface area contributed by atoms with Gasteiger partial charge < -0.3 is 4.90 Å². The van der Waals surface area contributed by atoms with Crippen LogP contribution in [-0.2, 0) is 0 Å². The Labute approximate surface area is 150 Å². The Bertz CT molecular complexity index is 849. The highest BCUT2D eigenvalue weighted by Gasteiger charge is 2.25. The van der Waals surface area contributed by atoms with Crippen LogP contribution < -0.4 is 0 Å². The average Bonchev–Trinajstić information content (AvgIpc) is 2.65. The summed E-state index contributed by atoms with van der Waals surface area (Å²) in [5.74, 6) is 0.0705. The van der Waals surface area contributed by atoms with Crippen LogP contribution in [0.1, 0.15) is 35.2 Å². The molecule has 0 aliphatic carbocycles. The molecule has 0 amide bonds. The van der Waals surface area contributed by atoms with Crippen molar-refractivity contribution in [2.24, 2.45) is 0 Å². The summed E-state index contributed by atoms with van der Waals surface area (Å²) in [4.78, 5) is 15.7. The molecule has 0 saturated heterocycles. The number of fused-ring (bicyclic) bond motifs is 1. The minimum Gasteiger partial charge on any atom is -0.307 e. The highest BCUT2D eigenvalue weighted by Crippen LogP contribution is 2.30. The molecular formula is C23H25NO. The Hall–Kier alpha value is -2.45. The molecule has 2 nitrogen and oxygen atoms in total. The van der Waals surface area contributed by atoms with E-state index >= 15 is 0 Å². The van der Waals surface area contributed by atoms with Gasteiger partial charge in [0.25, 0.3) is 0 Å². The lowest BCUT2D eigenvalue weighted by Crippen LogP contribution is -2.29. The molecule has 3 aromatic rings. The van der Waals surface area contributed by atoms with Crippen molar-refractivity contribution in [3.63, 3.8) is 0 Å². The van der Waals surface area contributed by atoms with Gasteiger partial charge in [-0.2, -0.15) is 0 Å². The molecule has 0 aliphatic rings. The summed E-state index contributed by atoms with van der Waals surface area (Å²) in [5.41, 5.74) is 1.91. The minimum absolute atomic E-state index is 0.135. The molecule has 0 N–H and O–H groups in total. The Morgan fingerprint density at radius 2 is 1.52 bits per heavy atom. The molecule has 3 aromatic carbocycles. The van der Waals surface area contributed by atoms with Crippen LogP contribution in [0.25, 0.3) is 10.8 Å². The van der Waals surface area contributed by atoms with Crippen LogP contribution in [0.3, 0.4) is 0 Å². The lowest BCUT2D eigenvalue weighted by molar-refractivity contribution is 0.0943. The number of nitrogens with zero attached hydrogens (tertiary/aromatic N) is 1. The summed E-state index contributed by atoms with van der Waals surface area (Å²) < 4.78 is 0. The monoisotopic (exact) mass is 331 g/mol. The third-order valence-electron chi connectivity index (χ3n) is 5.03. The van der Waals surface area contributed by atoms with Crippen molar-refractivity contribution >= 4 is 16.6 Å². The molecule has 2 atom stereocenters. The SMILES string of the molecule is CC(CC(C(=O)c1cccc2ccccc12)c1ccccc1)N(C)C. The maximum absolute atomic E-state index is 13.5. The number of Topliss-reactive ketones (excluding diaryl/α,β-unsaturated/α-hetero) is 1. The number of hydrogen-bond donors (Lipinski definition) is 0. The fourth-order valence-corrected chi connectivity index (χ4v) is 3.26. The van der Waals surface area contributed by atoms with E-state index in [-0.39, 0.29) is 11.7 Å². The number of benzene rings is 3. The van der Waals surface area contributed by atoms with Gasteiger partial charge in [-0.05, 0) is 43.8 Å². The molecular weight excluding hydrogens is 306 g/mol. The molecule has 0 heterocycles. The standard InChI is InChI=1S/C23H25NO/c1-17(24(2)3)16-22(19-10-5-4-6-11-19)23(25)21-15-9-13-18-12-7-8-14-20(18)21/h4-15,17,22H,16H2,1-3H3. The Morgan fingerprint density at radius 1 is 0.880 bits per heavy atom.